The molecule has 0 spiro atoms. The highest BCUT2D eigenvalue weighted by Gasteiger charge is 2.57. The lowest BCUT2D eigenvalue weighted by Gasteiger charge is -2.39. The first-order chi connectivity index (χ1) is 11.0. The quantitative estimate of drug-likeness (QED) is 0.586. The number of allylic oxidation sites excluding steroid dienone is 4. The standard InChI is InChI=1S/C20H19F3/c21-20(22,23)19(18-8-4-5-9-18)14-12-17(13-15-19)11-10-16-6-2-1-3-7-16/h1-3,6-7,12-14,18H,4-5,8-9,15H2. The van der Waals surface area contributed by atoms with E-state index in [0.29, 0.717) is 18.4 Å². The lowest BCUT2D eigenvalue weighted by Crippen LogP contribution is -2.42. The smallest absolute Gasteiger partial charge is 0.170 e. The molecule has 1 saturated carbocycles. The number of halogens is 3. The van der Waals surface area contributed by atoms with Crippen molar-refractivity contribution in [3.8, 4) is 11.8 Å². The zero-order valence-electron chi connectivity index (χ0n) is 12.9. The van der Waals surface area contributed by atoms with Gasteiger partial charge in [0.25, 0.3) is 0 Å². The Bertz CT molecular complexity index is 664. The summed E-state index contributed by atoms with van der Waals surface area (Å²) < 4.78 is 41.1. The first-order valence-corrected chi connectivity index (χ1v) is 8.04. The zero-order valence-corrected chi connectivity index (χ0v) is 12.9. The van der Waals surface area contributed by atoms with Gasteiger partial charge in [0.2, 0.25) is 0 Å². The summed E-state index contributed by atoms with van der Waals surface area (Å²) in [5.74, 6) is 5.68. The van der Waals surface area contributed by atoms with Crippen LogP contribution in [0.25, 0.3) is 0 Å². The summed E-state index contributed by atoms with van der Waals surface area (Å²) in [4.78, 5) is 0. The molecular formula is C20H19F3. The third-order valence-electron chi connectivity index (χ3n) is 4.96. The minimum Gasteiger partial charge on any atom is -0.170 e. The van der Waals surface area contributed by atoms with Crippen molar-refractivity contribution >= 4 is 0 Å². The van der Waals surface area contributed by atoms with Gasteiger partial charge in [0.15, 0.2) is 0 Å². The van der Waals surface area contributed by atoms with Gasteiger partial charge >= 0.3 is 6.18 Å². The number of benzene rings is 1. The Labute approximate surface area is 135 Å². The Morgan fingerprint density at radius 3 is 2.26 bits per heavy atom. The van der Waals surface area contributed by atoms with E-state index in [2.05, 4.69) is 11.8 Å². The maximum atomic E-state index is 13.7. The average molecular weight is 316 g/mol. The fourth-order valence-electron chi connectivity index (χ4n) is 3.60. The highest BCUT2D eigenvalue weighted by molar-refractivity contribution is 5.47. The van der Waals surface area contributed by atoms with Crippen LogP contribution in [0.2, 0.25) is 0 Å². The van der Waals surface area contributed by atoms with Crippen molar-refractivity contribution in [3.05, 3.63) is 59.7 Å². The normalized spacial score (nSPS) is 24.9. The van der Waals surface area contributed by atoms with Crippen molar-refractivity contribution < 1.29 is 13.2 Å². The van der Waals surface area contributed by atoms with Gasteiger partial charge < -0.3 is 0 Å². The molecule has 1 fully saturated rings. The van der Waals surface area contributed by atoms with E-state index in [1.807, 2.05) is 30.3 Å². The highest BCUT2D eigenvalue weighted by atomic mass is 19.4. The summed E-state index contributed by atoms with van der Waals surface area (Å²) in [6.07, 6.45) is 3.54. The highest BCUT2D eigenvalue weighted by Crippen LogP contribution is 2.55. The van der Waals surface area contributed by atoms with Crippen molar-refractivity contribution in [1.29, 1.82) is 0 Å². The molecule has 0 aliphatic heterocycles. The van der Waals surface area contributed by atoms with Crippen LogP contribution in [0.3, 0.4) is 0 Å². The van der Waals surface area contributed by atoms with E-state index >= 15 is 0 Å². The Balaban J connectivity index is 1.81. The molecule has 1 atom stereocenters. The van der Waals surface area contributed by atoms with Crippen LogP contribution >= 0.6 is 0 Å². The van der Waals surface area contributed by atoms with Gasteiger partial charge in [0.1, 0.15) is 0 Å². The first-order valence-electron chi connectivity index (χ1n) is 8.04. The predicted octanol–water partition coefficient (Wildman–Crippen LogP) is 5.66. The van der Waals surface area contributed by atoms with Crippen molar-refractivity contribution in [2.24, 2.45) is 11.3 Å². The van der Waals surface area contributed by atoms with Gasteiger partial charge in [0, 0.05) is 11.1 Å². The van der Waals surface area contributed by atoms with Crippen LogP contribution in [-0.2, 0) is 0 Å². The van der Waals surface area contributed by atoms with E-state index in [1.165, 1.54) is 6.08 Å². The molecule has 0 amide bonds. The maximum Gasteiger partial charge on any atom is 0.398 e. The fourth-order valence-corrected chi connectivity index (χ4v) is 3.60. The lowest BCUT2D eigenvalue weighted by atomic mass is 9.69. The van der Waals surface area contributed by atoms with Gasteiger partial charge in [-0.05, 0) is 43.4 Å². The van der Waals surface area contributed by atoms with Gasteiger partial charge in [-0.15, -0.1) is 0 Å². The number of alkyl halides is 3. The summed E-state index contributed by atoms with van der Waals surface area (Å²) in [6.45, 7) is 0. The van der Waals surface area contributed by atoms with Gasteiger partial charge in [-0.3, -0.25) is 0 Å². The van der Waals surface area contributed by atoms with E-state index in [1.54, 1.807) is 12.2 Å². The molecule has 1 unspecified atom stereocenters. The zero-order chi connectivity index (χ0) is 16.3. The molecule has 120 valence electrons. The minimum atomic E-state index is -4.20. The number of rotatable bonds is 1. The SMILES string of the molecule is FC(F)(F)C1(C2CCCC2)C=CC(C#Cc2ccccc2)=CC1. The molecule has 0 heterocycles. The summed E-state index contributed by atoms with van der Waals surface area (Å²) in [5.41, 5.74) is -0.154. The Hall–Kier alpha value is -1.95. The molecule has 1 aromatic rings. The van der Waals surface area contributed by atoms with Gasteiger partial charge in [-0.2, -0.15) is 13.2 Å². The molecular weight excluding hydrogens is 297 g/mol. The summed E-state index contributed by atoms with van der Waals surface area (Å²) in [7, 11) is 0. The second kappa shape index (κ2) is 6.28. The Kier molecular flexibility index (Phi) is 4.35. The maximum absolute atomic E-state index is 13.7. The molecule has 0 N–H and O–H groups in total. The molecule has 23 heavy (non-hydrogen) atoms. The van der Waals surface area contributed by atoms with Crippen molar-refractivity contribution in [3.63, 3.8) is 0 Å². The monoisotopic (exact) mass is 316 g/mol. The van der Waals surface area contributed by atoms with Crippen molar-refractivity contribution in [2.45, 2.75) is 38.3 Å². The molecule has 0 bridgehead atoms. The van der Waals surface area contributed by atoms with Crippen molar-refractivity contribution in [2.75, 3.05) is 0 Å². The molecule has 1 aromatic carbocycles. The van der Waals surface area contributed by atoms with Gasteiger partial charge in [-0.1, -0.05) is 55.0 Å². The van der Waals surface area contributed by atoms with Gasteiger partial charge in [-0.25, -0.2) is 0 Å². The van der Waals surface area contributed by atoms with Crippen LogP contribution < -0.4 is 0 Å². The molecule has 0 aromatic heterocycles. The third-order valence-corrected chi connectivity index (χ3v) is 4.96. The van der Waals surface area contributed by atoms with E-state index < -0.39 is 11.6 Å². The molecule has 0 nitrogen and oxygen atoms in total. The molecule has 2 aliphatic carbocycles. The summed E-state index contributed by atoms with van der Waals surface area (Å²) in [5, 5.41) is 0. The summed E-state index contributed by atoms with van der Waals surface area (Å²) in [6, 6.07) is 9.47. The van der Waals surface area contributed by atoms with E-state index in [9.17, 15) is 13.2 Å². The topological polar surface area (TPSA) is 0 Å². The number of hydrogen-bond donors (Lipinski definition) is 0. The molecule has 0 saturated heterocycles. The van der Waals surface area contributed by atoms with Crippen LogP contribution in [0.1, 0.15) is 37.7 Å². The van der Waals surface area contributed by atoms with E-state index in [-0.39, 0.29) is 12.3 Å². The lowest BCUT2D eigenvalue weighted by molar-refractivity contribution is -0.222. The van der Waals surface area contributed by atoms with Crippen LogP contribution in [0.5, 0.6) is 0 Å². The molecule has 2 aliphatic rings. The first kappa shape index (κ1) is 15.9. The number of hydrogen-bond acceptors (Lipinski definition) is 0. The minimum absolute atomic E-state index is 0.0104. The average Bonchev–Trinajstić information content (AvgIpc) is 3.08. The van der Waals surface area contributed by atoms with Crippen LogP contribution in [0, 0.1) is 23.2 Å². The Morgan fingerprint density at radius 1 is 1.00 bits per heavy atom. The predicted molar refractivity (Wildman–Crippen MR) is 85.6 cm³/mol. The second-order valence-corrected chi connectivity index (χ2v) is 6.33. The van der Waals surface area contributed by atoms with Gasteiger partial charge in [0.05, 0.1) is 5.41 Å². The van der Waals surface area contributed by atoms with E-state index in [4.69, 9.17) is 0 Å². The largest absolute Gasteiger partial charge is 0.398 e. The fraction of sp³-hybridized carbons (Fsp3) is 0.400. The Morgan fingerprint density at radius 2 is 1.70 bits per heavy atom. The van der Waals surface area contributed by atoms with Crippen LogP contribution in [0.4, 0.5) is 13.2 Å². The van der Waals surface area contributed by atoms with Crippen LogP contribution in [-0.4, -0.2) is 6.18 Å². The van der Waals surface area contributed by atoms with E-state index in [0.717, 1.165) is 18.4 Å². The summed E-state index contributed by atoms with van der Waals surface area (Å²) >= 11 is 0. The molecule has 0 radical (unpaired) electrons. The second-order valence-electron chi connectivity index (χ2n) is 6.33. The van der Waals surface area contributed by atoms with Crippen LogP contribution in [0.15, 0.2) is 54.1 Å². The molecule has 3 rings (SSSR count). The molecule has 3 heteroatoms. The third kappa shape index (κ3) is 3.22. The van der Waals surface area contributed by atoms with Crippen molar-refractivity contribution in [1.82, 2.24) is 0 Å².